The molecule has 0 heterocycles. The third-order valence-corrected chi connectivity index (χ3v) is 3.91. The highest BCUT2D eigenvalue weighted by molar-refractivity contribution is 5.81. The topological polar surface area (TPSA) is 37.3 Å². The number of hydrogen-bond donors (Lipinski definition) is 1. The van der Waals surface area contributed by atoms with E-state index in [9.17, 15) is 9.90 Å². The van der Waals surface area contributed by atoms with E-state index in [1.165, 1.54) is 32.1 Å². The van der Waals surface area contributed by atoms with Crippen molar-refractivity contribution >= 4 is 5.78 Å². The predicted octanol–water partition coefficient (Wildman–Crippen LogP) is 5.05. The fourth-order valence-corrected chi connectivity index (χ4v) is 2.49. The summed E-state index contributed by atoms with van der Waals surface area (Å²) in [7, 11) is 0. The Morgan fingerprint density at radius 2 is 1.70 bits per heavy atom. The molecular formula is C18H34O2. The Kier molecular flexibility index (Phi) is 14.3. The van der Waals surface area contributed by atoms with Gasteiger partial charge in [0.1, 0.15) is 5.78 Å². The predicted molar refractivity (Wildman–Crippen MR) is 86.9 cm³/mol. The molecule has 0 rings (SSSR count). The summed E-state index contributed by atoms with van der Waals surface area (Å²) in [5.74, 6) is 0.138. The maximum Gasteiger partial charge on any atom is 0.138 e. The van der Waals surface area contributed by atoms with Gasteiger partial charge in [-0.1, -0.05) is 57.9 Å². The Morgan fingerprint density at radius 1 is 1.05 bits per heavy atom. The minimum atomic E-state index is -0.125. The normalized spacial score (nSPS) is 12.3. The highest BCUT2D eigenvalue weighted by Gasteiger charge is 2.16. The van der Waals surface area contributed by atoms with Gasteiger partial charge in [-0.05, 0) is 25.7 Å². The van der Waals surface area contributed by atoms with Crippen LogP contribution >= 0.6 is 0 Å². The number of rotatable bonds is 15. The number of aliphatic hydroxyl groups excluding tert-OH is 1. The lowest BCUT2D eigenvalue weighted by Crippen LogP contribution is -2.18. The molecule has 1 atom stereocenters. The van der Waals surface area contributed by atoms with Crippen molar-refractivity contribution in [1.29, 1.82) is 0 Å². The molecule has 0 aliphatic carbocycles. The zero-order chi connectivity index (χ0) is 15.1. The number of hydrogen-bond acceptors (Lipinski definition) is 2. The van der Waals surface area contributed by atoms with Gasteiger partial charge in [-0.2, -0.15) is 0 Å². The van der Waals surface area contributed by atoms with E-state index in [-0.39, 0.29) is 18.3 Å². The van der Waals surface area contributed by atoms with Gasteiger partial charge in [0, 0.05) is 12.3 Å². The number of aliphatic hydroxyl groups is 1. The SMILES string of the molecule is C=CCCCCC(CO)C(=O)CCCCCCCCC. The Hall–Kier alpha value is -0.630. The van der Waals surface area contributed by atoms with Crippen molar-refractivity contribution in [2.24, 2.45) is 5.92 Å². The summed E-state index contributed by atoms with van der Waals surface area (Å²) >= 11 is 0. The molecule has 1 unspecified atom stereocenters. The molecule has 0 spiro atoms. The van der Waals surface area contributed by atoms with Gasteiger partial charge < -0.3 is 5.11 Å². The fourth-order valence-electron chi connectivity index (χ4n) is 2.49. The van der Waals surface area contributed by atoms with Crippen molar-refractivity contribution in [2.45, 2.75) is 84.0 Å². The van der Waals surface area contributed by atoms with Crippen LogP contribution in [0.5, 0.6) is 0 Å². The van der Waals surface area contributed by atoms with E-state index < -0.39 is 0 Å². The van der Waals surface area contributed by atoms with E-state index in [2.05, 4.69) is 13.5 Å². The second kappa shape index (κ2) is 14.8. The van der Waals surface area contributed by atoms with Gasteiger partial charge in [-0.25, -0.2) is 0 Å². The van der Waals surface area contributed by atoms with Gasteiger partial charge in [0.2, 0.25) is 0 Å². The summed E-state index contributed by atoms with van der Waals surface area (Å²) in [4.78, 5) is 12.0. The van der Waals surface area contributed by atoms with Gasteiger partial charge >= 0.3 is 0 Å². The number of carbonyl (C=O) groups excluding carboxylic acids is 1. The van der Waals surface area contributed by atoms with Crippen molar-refractivity contribution in [1.82, 2.24) is 0 Å². The molecule has 0 aromatic carbocycles. The van der Waals surface area contributed by atoms with E-state index in [1.807, 2.05) is 6.08 Å². The Bertz CT molecular complexity index is 236. The monoisotopic (exact) mass is 282 g/mol. The molecule has 20 heavy (non-hydrogen) atoms. The van der Waals surface area contributed by atoms with Crippen LogP contribution in [0.15, 0.2) is 12.7 Å². The molecular weight excluding hydrogens is 248 g/mol. The molecule has 0 fully saturated rings. The molecule has 0 radical (unpaired) electrons. The number of ketones is 1. The molecule has 1 N–H and O–H groups in total. The maximum atomic E-state index is 12.0. The second-order valence-electron chi connectivity index (χ2n) is 5.79. The lowest BCUT2D eigenvalue weighted by atomic mass is 9.94. The number of allylic oxidation sites excluding steroid dienone is 1. The maximum absolute atomic E-state index is 12.0. The first kappa shape index (κ1) is 19.4. The molecule has 0 bridgehead atoms. The van der Waals surface area contributed by atoms with E-state index in [0.29, 0.717) is 6.42 Å². The average molecular weight is 282 g/mol. The van der Waals surface area contributed by atoms with Gasteiger partial charge in [-0.3, -0.25) is 4.79 Å². The largest absolute Gasteiger partial charge is 0.396 e. The summed E-state index contributed by atoms with van der Waals surface area (Å²) in [5, 5.41) is 9.31. The number of unbranched alkanes of at least 4 members (excludes halogenated alkanes) is 8. The number of Topliss-reactive ketones (excluding diaryl/α,β-unsaturated/α-hetero) is 1. The molecule has 0 aliphatic heterocycles. The Morgan fingerprint density at radius 3 is 2.30 bits per heavy atom. The first-order chi connectivity index (χ1) is 9.76. The first-order valence-electron chi connectivity index (χ1n) is 8.50. The zero-order valence-corrected chi connectivity index (χ0v) is 13.4. The fraction of sp³-hybridized carbons (Fsp3) is 0.833. The highest BCUT2D eigenvalue weighted by atomic mass is 16.3. The van der Waals surface area contributed by atoms with Crippen molar-refractivity contribution in [3.63, 3.8) is 0 Å². The van der Waals surface area contributed by atoms with Crippen LogP contribution in [0, 0.1) is 5.92 Å². The van der Waals surface area contributed by atoms with Gasteiger partial charge in [0.15, 0.2) is 0 Å². The van der Waals surface area contributed by atoms with Gasteiger partial charge in [0.05, 0.1) is 6.61 Å². The van der Waals surface area contributed by atoms with E-state index in [1.54, 1.807) is 0 Å². The summed E-state index contributed by atoms with van der Waals surface area (Å²) in [5.41, 5.74) is 0. The van der Waals surface area contributed by atoms with Crippen LogP contribution in [0.2, 0.25) is 0 Å². The summed E-state index contributed by atoms with van der Waals surface area (Å²) in [6.45, 7) is 5.94. The van der Waals surface area contributed by atoms with Crippen LogP contribution in [-0.4, -0.2) is 17.5 Å². The minimum absolute atomic E-state index is 0.0173. The van der Waals surface area contributed by atoms with E-state index in [0.717, 1.165) is 38.5 Å². The molecule has 0 aliphatic rings. The van der Waals surface area contributed by atoms with Gasteiger partial charge in [0.25, 0.3) is 0 Å². The third-order valence-electron chi connectivity index (χ3n) is 3.91. The molecule has 2 heteroatoms. The van der Waals surface area contributed by atoms with Crippen LogP contribution in [0.1, 0.15) is 84.0 Å². The Labute approximate surface area is 125 Å². The molecule has 0 saturated carbocycles. The van der Waals surface area contributed by atoms with Crippen LogP contribution in [0.3, 0.4) is 0 Å². The second-order valence-corrected chi connectivity index (χ2v) is 5.79. The molecule has 0 saturated heterocycles. The highest BCUT2D eigenvalue weighted by Crippen LogP contribution is 2.15. The molecule has 0 amide bonds. The zero-order valence-electron chi connectivity index (χ0n) is 13.4. The van der Waals surface area contributed by atoms with Crippen LogP contribution in [-0.2, 0) is 4.79 Å². The van der Waals surface area contributed by atoms with Crippen LogP contribution in [0.4, 0.5) is 0 Å². The first-order valence-corrected chi connectivity index (χ1v) is 8.50. The standard InChI is InChI=1S/C18H34O2/c1-3-5-7-9-10-11-13-15-18(20)17(16-19)14-12-8-6-4-2/h4,17,19H,2-3,5-16H2,1H3. The molecule has 0 aromatic heterocycles. The van der Waals surface area contributed by atoms with Crippen molar-refractivity contribution in [2.75, 3.05) is 6.61 Å². The van der Waals surface area contributed by atoms with Crippen molar-refractivity contribution in [3.8, 4) is 0 Å². The van der Waals surface area contributed by atoms with Crippen molar-refractivity contribution < 1.29 is 9.90 Å². The minimum Gasteiger partial charge on any atom is -0.396 e. The quantitative estimate of drug-likeness (QED) is 0.337. The van der Waals surface area contributed by atoms with Crippen LogP contribution < -0.4 is 0 Å². The van der Waals surface area contributed by atoms with E-state index >= 15 is 0 Å². The molecule has 0 aromatic rings. The van der Waals surface area contributed by atoms with E-state index in [4.69, 9.17) is 0 Å². The Balaban J connectivity index is 3.57. The average Bonchev–Trinajstić information content (AvgIpc) is 2.46. The number of carbonyl (C=O) groups is 1. The smallest absolute Gasteiger partial charge is 0.138 e. The van der Waals surface area contributed by atoms with Crippen LogP contribution in [0.25, 0.3) is 0 Å². The van der Waals surface area contributed by atoms with Crippen molar-refractivity contribution in [3.05, 3.63) is 12.7 Å². The lowest BCUT2D eigenvalue weighted by molar-refractivity contribution is -0.124. The summed E-state index contributed by atoms with van der Waals surface area (Å²) in [6, 6.07) is 0. The summed E-state index contributed by atoms with van der Waals surface area (Å²) < 4.78 is 0. The lowest BCUT2D eigenvalue weighted by Gasteiger charge is -2.12. The van der Waals surface area contributed by atoms with Gasteiger partial charge in [-0.15, -0.1) is 6.58 Å². The molecule has 2 nitrogen and oxygen atoms in total. The third kappa shape index (κ3) is 11.2. The molecule has 118 valence electrons. The summed E-state index contributed by atoms with van der Waals surface area (Å²) in [6.07, 6.45) is 15.1.